The maximum absolute atomic E-state index is 12.8. The van der Waals surface area contributed by atoms with Crippen molar-refractivity contribution >= 4 is 11.9 Å². The van der Waals surface area contributed by atoms with Crippen LogP contribution in [0.3, 0.4) is 0 Å². The van der Waals surface area contributed by atoms with Crippen LogP contribution in [0.4, 0.5) is 39.9 Å². The Morgan fingerprint density at radius 1 is 0.970 bits per heavy atom. The largest absolute Gasteiger partial charge is 0.496 e. The zero-order valence-corrected chi connectivity index (χ0v) is 16.3. The van der Waals surface area contributed by atoms with E-state index in [0.29, 0.717) is 6.07 Å². The molecular formula is C18H13F8N3O4. The predicted molar refractivity (Wildman–Crippen MR) is 94.2 cm³/mol. The third kappa shape index (κ3) is 6.92. The molecule has 2 aromatic rings. The quantitative estimate of drug-likeness (QED) is 0.585. The first-order valence-electron chi connectivity index (χ1n) is 8.57. The zero-order chi connectivity index (χ0) is 25.0. The number of benzene rings is 1. The van der Waals surface area contributed by atoms with Gasteiger partial charge in [0, 0.05) is 12.1 Å². The standard InChI is InChI=1S/C18H13F8N3O4/c1-32-11-6-12(14(30)29-15(31)27-8-16(19,20)18(24,25)26)28-13(7-11)33-10-4-2-3-9(5-10)17(21,22)23/h2-7H,8H2,1H3,(H2,27,29,30,31). The summed E-state index contributed by atoms with van der Waals surface area (Å²) in [4.78, 5) is 27.3. The van der Waals surface area contributed by atoms with E-state index < -0.39 is 53.9 Å². The van der Waals surface area contributed by atoms with Gasteiger partial charge in [0.05, 0.1) is 19.2 Å². The summed E-state index contributed by atoms with van der Waals surface area (Å²) < 4.78 is 111. The second-order valence-corrected chi connectivity index (χ2v) is 6.20. The van der Waals surface area contributed by atoms with Crippen LogP contribution in [0.25, 0.3) is 0 Å². The van der Waals surface area contributed by atoms with Crippen molar-refractivity contribution in [2.45, 2.75) is 18.3 Å². The number of aromatic nitrogens is 1. The summed E-state index contributed by atoms with van der Waals surface area (Å²) in [5.74, 6) is -7.45. The number of imide groups is 1. The van der Waals surface area contributed by atoms with Crippen LogP contribution in [0.1, 0.15) is 16.1 Å². The Morgan fingerprint density at radius 2 is 1.64 bits per heavy atom. The van der Waals surface area contributed by atoms with E-state index in [9.17, 15) is 44.7 Å². The first-order chi connectivity index (χ1) is 15.1. The summed E-state index contributed by atoms with van der Waals surface area (Å²) in [5.41, 5.74) is -1.65. The molecule has 0 radical (unpaired) electrons. The van der Waals surface area contributed by atoms with Crippen LogP contribution in [0, 0.1) is 0 Å². The van der Waals surface area contributed by atoms with Gasteiger partial charge in [0.1, 0.15) is 17.2 Å². The Bertz CT molecular complexity index is 1020. The highest BCUT2D eigenvalue weighted by atomic mass is 19.4. The SMILES string of the molecule is COc1cc(Oc2cccc(C(F)(F)F)c2)nc(C(=O)NC(=O)NCC(F)(F)C(F)(F)F)c1. The minimum absolute atomic E-state index is 0.0962. The molecule has 1 aromatic heterocycles. The first-order valence-corrected chi connectivity index (χ1v) is 8.57. The average Bonchev–Trinajstić information content (AvgIpc) is 2.70. The van der Waals surface area contributed by atoms with Crippen LogP contribution < -0.4 is 20.1 Å². The van der Waals surface area contributed by atoms with E-state index >= 15 is 0 Å². The van der Waals surface area contributed by atoms with Crippen molar-refractivity contribution in [2.75, 3.05) is 13.7 Å². The maximum atomic E-state index is 12.8. The second kappa shape index (κ2) is 9.46. The molecule has 3 amide bonds. The van der Waals surface area contributed by atoms with Crippen LogP contribution in [-0.4, -0.2) is 42.7 Å². The van der Waals surface area contributed by atoms with Crippen LogP contribution in [-0.2, 0) is 6.18 Å². The average molecular weight is 487 g/mol. The van der Waals surface area contributed by atoms with Gasteiger partial charge in [0.2, 0.25) is 5.88 Å². The molecule has 7 nitrogen and oxygen atoms in total. The number of carbonyl (C=O) groups is 2. The van der Waals surface area contributed by atoms with Gasteiger partial charge in [0.25, 0.3) is 5.91 Å². The molecule has 15 heteroatoms. The first kappa shape index (κ1) is 25.6. The Kier molecular flexibility index (Phi) is 7.34. The molecule has 0 fully saturated rings. The molecular weight excluding hydrogens is 474 g/mol. The number of hydrogen-bond donors (Lipinski definition) is 2. The molecule has 0 aliphatic carbocycles. The van der Waals surface area contributed by atoms with Crippen LogP contribution in [0.15, 0.2) is 36.4 Å². The van der Waals surface area contributed by atoms with E-state index in [1.165, 1.54) is 10.6 Å². The van der Waals surface area contributed by atoms with Gasteiger partial charge in [-0.2, -0.15) is 35.1 Å². The molecule has 180 valence electrons. The van der Waals surface area contributed by atoms with Gasteiger partial charge in [-0.25, -0.2) is 9.78 Å². The number of amides is 3. The van der Waals surface area contributed by atoms with Gasteiger partial charge < -0.3 is 14.8 Å². The Hall–Kier alpha value is -3.65. The number of methoxy groups -OCH3 is 1. The summed E-state index contributed by atoms with van der Waals surface area (Å²) in [6.45, 7) is -2.13. The lowest BCUT2D eigenvalue weighted by Gasteiger charge is -2.19. The molecule has 0 aliphatic heterocycles. The molecule has 0 aliphatic rings. The third-order valence-corrected chi connectivity index (χ3v) is 3.74. The number of alkyl halides is 8. The predicted octanol–water partition coefficient (Wildman–Crippen LogP) is 4.54. The summed E-state index contributed by atoms with van der Waals surface area (Å²) in [7, 11) is 1.15. The second-order valence-electron chi connectivity index (χ2n) is 6.20. The number of nitrogens with zero attached hydrogens (tertiary/aromatic N) is 1. The Labute approximate surface area is 179 Å². The molecule has 2 N–H and O–H groups in total. The molecule has 0 saturated carbocycles. The van der Waals surface area contributed by atoms with E-state index in [0.717, 1.165) is 37.4 Å². The number of pyridine rings is 1. The minimum Gasteiger partial charge on any atom is -0.496 e. The van der Waals surface area contributed by atoms with E-state index in [4.69, 9.17) is 9.47 Å². The number of urea groups is 1. The van der Waals surface area contributed by atoms with Gasteiger partial charge in [-0.05, 0) is 18.2 Å². The van der Waals surface area contributed by atoms with E-state index in [1.54, 1.807) is 0 Å². The lowest BCUT2D eigenvalue weighted by Crippen LogP contribution is -2.50. The summed E-state index contributed by atoms with van der Waals surface area (Å²) in [5, 5.41) is 2.68. The third-order valence-electron chi connectivity index (χ3n) is 3.74. The zero-order valence-electron chi connectivity index (χ0n) is 16.3. The number of hydrogen-bond acceptors (Lipinski definition) is 5. The van der Waals surface area contributed by atoms with Gasteiger partial charge in [-0.15, -0.1) is 0 Å². The van der Waals surface area contributed by atoms with Crippen molar-refractivity contribution in [2.24, 2.45) is 0 Å². The van der Waals surface area contributed by atoms with Crippen LogP contribution >= 0.6 is 0 Å². The maximum Gasteiger partial charge on any atom is 0.455 e. The van der Waals surface area contributed by atoms with Gasteiger partial charge in [-0.1, -0.05) is 6.07 Å². The number of halogens is 8. The highest BCUT2D eigenvalue weighted by molar-refractivity contribution is 6.03. The van der Waals surface area contributed by atoms with Crippen molar-refractivity contribution in [3.63, 3.8) is 0 Å². The summed E-state index contributed by atoms with van der Waals surface area (Å²) in [6.07, 6.45) is -10.6. The van der Waals surface area contributed by atoms with E-state index in [2.05, 4.69) is 4.98 Å². The molecule has 0 unspecified atom stereocenters. The van der Waals surface area contributed by atoms with Crippen LogP contribution in [0.5, 0.6) is 17.4 Å². The van der Waals surface area contributed by atoms with Crippen molar-refractivity contribution in [1.29, 1.82) is 0 Å². The molecule has 0 spiro atoms. The van der Waals surface area contributed by atoms with Crippen molar-refractivity contribution < 1.29 is 54.2 Å². The van der Waals surface area contributed by atoms with Crippen molar-refractivity contribution in [3.8, 4) is 17.4 Å². The minimum atomic E-state index is -5.92. The topological polar surface area (TPSA) is 89.6 Å². The molecule has 0 saturated heterocycles. The Morgan fingerprint density at radius 3 is 2.21 bits per heavy atom. The monoisotopic (exact) mass is 487 g/mol. The molecule has 0 bridgehead atoms. The highest BCUT2D eigenvalue weighted by Crippen LogP contribution is 2.35. The molecule has 1 heterocycles. The lowest BCUT2D eigenvalue weighted by molar-refractivity contribution is -0.278. The summed E-state index contributed by atoms with van der Waals surface area (Å²) >= 11 is 0. The van der Waals surface area contributed by atoms with E-state index in [1.807, 2.05) is 0 Å². The van der Waals surface area contributed by atoms with Gasteiger partial charge >= 0.3 is 24.3 Å². The van der Waals surface area contributed by atoms with Crippen molar-refractivity contribution in [3.05, 3.63) is 47.7 Å². The molecule has 1 aromatic carbocycles. The molecule has 2 rings (SSSR count). The lowest BCUT2D eigenvalue weighted by atomic mass is 10.2. The molecule has 0 atom stereocenters. The normalized spacial score (nSPS) is 12.2. The van der Waals surface area contributed by atoms with Gasteiger partial charge in [-0.3, -0.25) is 10.1 Å². The Balaban J connectivity index is 2.15. The number of ether oxygens (including phenoxy) is 2. The fourth-order valence-electron chi connectivity index (χ4n) is 2.13. The fourth-order valence-corrected chi connectivity index (χ4v) is 2.13. The highest BCUT2D eigenvalue weighted by Gasteiger charge is 2.57. The molecule has 33 heavy (non-hydrogen) atoms. The van der Waals surface area contributed by atoms with Gasteiger partial charge in [0.15, 0.2) is 0 Å². The number of rotatable bonds is 6. The van der Waals surface area contributed by atoms with Crippen molar-refractivity contribution in [1.82, 2.24) is 15.6 Å². The summed E-state index contributed by atoms with van der Waals surface area (Å²) in [6, 6.07) is 3.99. The smallest absolute Gasteiger partial charge is 0.455 e. The number of carbonyl (C=O) groups excluding carboxylic acids is 2. The fraction of sp³-hybridized carbons (Fsp3) is 0.278. The van der Waals surface area contributed by atoms with Crippen LogP contribution in [0.2, 0.25) is 0 Å². The number of nitrogens with one attached hydrogen (secondary N) is 2. The van der Waals surface area contributed by atoms with E-state index in [-0.39, 0.29) is 11.5 Å².